The van der Waals surface area contributed by atoms with Crippen LogP contribution < -0.4 is 10.5 Å². The Bertz CT molecular complexity index is 565. The largest absolute Gasteiger partial charge is 0.491 e. The van der Waals surface area contributed by atoms with Gasteiger partial charge in [-0.15, -0.1) is 0 Å². The number of ether oxygens (including phenoxy) is 1. The molecule has 5 heteroatoms. The number of hydrogen-bond acceptors (Lipinski definition) is 4. The molecule has 1 saturated heterocycles. The molecule has 0 aliphatic carbocycles. The van der Waals surface area contributed by atoms with Crippen molar-refractivity contribution in [3.63, 3.8) is 0 Å². The van der Waals surface area contributed by atoms with Gasteiger partial charge in [0, 0.05) is 12.1 Å². The maximum Gasteiger partial charge on any atom is 0.491 e. The molecule has 2 rings (SSSR count). The zero-order chi connectivity index (χ0) is 17.3. The molecule has 0 radical (unpaired) electrons. The number of para-hydroxylation sites is 1. The van der Waals surface area contributed by atoms with E-state index in [1.54, 1.807) is 0 Å². The van der Waals surface area contributed by atoms with Crippen molar-refractivity contribution in [3.8, 4) is 5.75 Å². The second-order valence-corrected chi connectivity index (χ2v) is 7.22. The summed E-state index contributed by atoms with van der Waals surface area (Å²) >= 11 is 0. The molecule has 1 aromatic rings. The SMILES string of the molecule is CC(C)Oc1ccccc1C=C(CN)B1OC(C)(C)C(C)(C)O1. The maximum absolute atomic E-state index is 6.10. The van der Waals surface area contributed by atoms with Crippen LogP contribution in [0, 0.1) is 0 Å². The van der Waals surface area contributed by atoms with E-state index in [1.165, 1.54) is 0 Å². The van der Waals surface area contributed by atoms with Gasteiger partial charge < -0.3 is 19.8 Å². The van der Waals surface area contributed by atoms with Crippen LogP contribution in [0.2, 0.25) is 0 Å². The van der Waals surface area contributed by atoms with Crippen LogP contribution in [0.1, 0.15) is 47.1 Å². The van der Waals surface area contributed by atoms with E-state index in [1.807, 2.05) is 71.9 Å². The van der Waals surface area contributed by atoms with Crippen molar-refractivity contribution in [3.05, 3.63) is 35.3 Å². The first-order valence-corrected chi connectivity index (χ1v) is 8.18. The lowest BCUT2D eigenvalue weighted by Gasteiger charge is -2.32. The van der Waals surface area contributed by atoms with Crippen molar-refractivity contribution in [2.45, 2.75) is 58.8 Å². The summed E-state index contributed by atoms with van der Waals surface area (Å²) in [5.41, 5.74) is 7.10. The highest BCUT2D eigenvalue weighted by molar-refractivity contribution is 6.55. The van der Waals surface area contributed by atoms with Crippen molar-refractivity contribution in [2.24, 2.45) is 5.73 Å². The van der Waals surface area contributed by atoms with Crippen LogP contribution in [0.25, 0.3) is 6.08 Å². The summed E-state index contributed by atoms with van der Waals surface area (Å²) in [4.78, 5) is 0. The predicted molar refractivity (Wildman–Crippen MR) is 95.3 cm³/mol. The van der Waals surface area contributed by atoms with E-state index in [0.717, 1.165) is 16.8 Å². The van der Waals surface area contributed by atoms with Gasteiger partial charge in [0.1, 0.15) is 5.75 Å². The van der Waals surface area contributed by atoms with E-state index in [0.29, 0.717) is 6.54 Å². The van der Waals surface area contributed by atoms with Gasteiger partial charge in [-0.2, -0.15) is 0 Å². The van der Waals surface area contributed by atoms with Crippen LogP contribution in [0.15, 0.2) is 29.7 Å². The Morgan fingerprint density at radius 2 is 1.74 bits per heavy atom. The molecule has 1 aliphatic rings. The molecule has 1 aliphatic heterocycles. The summed E-state index contributed by atoms with van der Waals surface area (Å²) in [5, 5.41) is 0. The smallest absolute Gasteiger partial charge is 0.490 e. The fraction of sp³-hybridized carbons (Fsp3) is 0.556. The lowest BCUT2D eigenvalue weighted by atomic mass is 9.77. The highest BCUT2D eigenvalue weighted by atomic mass is 16.7. The lowest BCUT2D eigenvalue weighted by molar-refractivity contribution is 0.00578. The van der Waals surface area contributed by atoms with Gasteiger partial charge in [-0.25, -0.2) is 0 Å². The van der Waals surface area contributed by atoms with E-state index in [2.05, 4.69) is 0 Å². The van der Waals surface area contributed by atoms with Crippen molar-refractivity contribution < 1.29 is 14.0 Å². The lowest BCUT2D eigenvalue weighted by Crippen LogP contribution is -2.41. The number of hydrogen-bond donors (Lipinski definition) is 1. The number of benzene rings is 1. The summed E-state index contributed by atoms with van der Waals surface area (Å²) in [7, 11) is -0.433. The molecule has 1 heterocycles. The Balaban J connectivity index is 2.31. The third-order valence-electron chi connectivity index (χ3n) is 4.41. The third-order valence-corrected chi connectivity index (χ3v) is 4.41. The average molecular weight is 317 g/mol. The quantitative estimate of drug-likeness (QED) is 0.845. The van der Waals surface area contributed by atoms with E-state index in [-0.39, 0.29) is 17.3 Å². The molecule has 0 aromatic heterocycles. The zero-order valence-electron chi connectivity index (χ0n) is 15.1. The molecule has 1 fully saturated rings. The highest BCUT2D eigenvalue weighted by Crippen LogP contribution is 2.39. The van der Waals surface area contributed by atoms with Gasteiger partial charge in [0.15, 0.2) is 0 Å². The van der Waals surface area contributed by atoms with Gasteiger partial charge in [0.05, 0.1) is 17.3 Å². The molecule has 0 unspecified atom stereocenters. The van der Waals surface area contributed by atoms with Gasteiger partial charge in [-0.3, -0.25) is 0 Å². The van der Waals surface area contributed by atoms with Crippen LogP contribution in [0.5, 0.6) is 5.75 Å². The molecule has 126 valence electrons. The minimum Gasteiger partial charge on any atom is -0.490 e. The molecule has 4 nitrogen and oxygen atoms in total. The van der Waals surface area contributed by atoms with Gasteiger partial charge >= 0.3 is 7.12 Å². The Morgan fingerprint density at radius 1 is 1.17 bits per heavy atom. The van der Waals surface area contributed by atoms with Crippen LogP contribution in [-0.2, 0) is 9.31 Å². The third kappa shape index (κ3) is 3.97. The van der Waals surface area contributed by atoms with Crippen molar-refractivity contribution >= 4 is 13.2 Å². The van der Waals surface area contributed by atoms with Crippen LogP contribution in [0.4, 0.5) is 0 Å². The predicted octanol–water partition coefficient (Wildman–Crippen LogP) is 3.45. The molecule has 0 atom stereocenters. The van der Waals surface area contributed by atoms with Crippen molar-refractivity contribution in [1.29, 1.82) is 0 Å². The van der Waals surface area contributed by atoms with Crippen LogP contribution in [0.3, 0.4) is 0 Å². The minimum atomic E-state index is -0.433. The molecule has 2 N–H and O–H groups in total. The maximum atomic E-state index is 6.10. The van der Waals surface area contributed by atoms with Gasteiger partial charge in [0.25, 0.3) is 0 Å². The molecule has 1 aromatic carbocycles. The van der Waals surface area contributed by atoms with E-state index >= 15 is 0 Å². The summed E-state index contributed by atoms with van der Waals surface area (Å²) in [6.45, 7) is 12.5. The molecular formula is C18H28BNO3. The van der Waals surface area contributed by atoms with Crippen LogP contribution >= 0.6 is 0 Å². The first kappa shape index (κ1) is 18.0. The molecule has 23 heavy (non-hydrogen) atoms. The Hall–Kier alpha value is -1.30. The van der Waals surface area contributed by atoms with Crippen LogP contribution in [-0.4, -0.2) is 31.0 Å². The van der Waals surface area contributed by atoms with Gasteiger partial charge in [-0.05, 0) is 53.1 Å². The first-order valence-electron chi connectivity index (χ1n) is 8.18. The normalized spacial score (nSPS) is 20.2. The highest BCUT2D eigenvalue weighted by Gasteiger charge is 2.52. The second kappa shape index (κ2) is 6.67. The Kier molecular flexibility index (Phi) is 5.24. The minimum absolute atomic E-state index is 0.114. The topological polar surface area (TPSA) is 53.7 Å². The Labute approximate surface area is 140 Å². The van der Waals surface area contributed by atoms with Crippen molar-refractivity contribution in [2.75, 3.05) is 6.54 Å². The first-order chi connectivity index (χ1) is 10.7. The summed E-state index contributed by atoms with van der Waals surface area (Å²) in [6.07, 6.45) is 2.13. The number of nitrogens with two attached hydrogens (primary N) is 1. The van der Waals surface area contributed by atoms with E-state index in [4.69, 9.17) is 19.8 Å². The monoisotopic (exact) mass is 317 g/mol. The summed E-state index contributed by atoms with van der Waals surface area (Å²) in [5.74, 6) is 0.838. The Morgan fingerprint density at radius 3 is 2.26 bits per heavy atom. The van der Waals surface area contributed by atoms with E-state index in [9.17, 15) is 0 Å². The van der Waals surface area contributed by atoms with E-state index < -0.39 is 7.12 Å². The molecule has 0 spiro atoms. The van der Waals surface area contributed by atoms with Gasteiger partial charge in [-0.1, -0.05) is 24.3 Å². The fourth-order valence-corrected chi connectivity index (χ4v) is 2.38. The standard InChI is InChI=1S/C18H28BNO3/c1-13(2)21-16-10-8-7-9-14(16)11-15(12-20)19-22-17(3,4)18(5,6)23-19/h7-11,13H,12,20H2,1-6H3. The second-order valence-electron chi connectivity index (χ2n) is 7.22. The summed E-state index contributed by atoms with van der Waals surface area (Å²) < 4.78 is 18.1. The molecule has 0 bridgehead atoms. The van der Waals surface area contributed by atoms with Gasteiger partial charge in [0.2, 0.25) is 0 Å². The molecule has 0 saturated carbocycles. The fourth-order valence-electron chi connectivity index (χ4n) is 2.38. The zero-order valence-corrected chi connectivity index (χ0v) is 15.1. The summed E-state index contributed by atoms with van der Waals surface area (Å²) in [6, 6.07) is 7.92. The molecule has 0 amide bonds. The average Bonchev–Trinajstić information content (AvgIpc) is 2.65. The van der Waals surface area contributed by atoms with Crippen molar-refractivity contribution in [1.82, 2.24) is 0 Å². The number of rotatable bonds is 5. The molecular weight excluding hydrogens is 289 g/mol.